The predicted molar refractivity (Wildman–Crippen MR) is 128 cm³/mol. The lowest BCUT2D eigenvalue weighted by Crippen LogP contribution is -2.43. The second-order valence-electron chi connectivity index (χ2n) is 7.28. The number of furan rings is 1. The van der Waals surface area contributed by atoms with Gasteiger partial charge in [-0.15, -0.1) is 24.0 Å². The lowest BCUT2D eigenvalue weighted by Gasteiger charge is -2.24. The molecule has 1 saturated heterocycles. The van der Waals surface area contributed by atoms with E-state index in [4.69, 9.17) is 9.15 Å². The maximum absolute atomic E-state index is 12.3. The molecule has 0 radical (unpaired) electrons. The van der Waals surface area contributed by atoms with Crippen molar-refractivity contribution in [3.63, 3.8) is 0 Å². The average molecular weight is 565 g/mol. The molecule has 7 nitrogen and oxygen atoms in total. The van der Waals surface area contributed by atoms with Crippen LogP contribution in [0.5, 0.6) is 5.75 Å². The summed E-state index contributed by atoms with van der Waals surface area (Å²) in [6.07, 6.45) is 4.83. The highest BCUT2D eigenvalue weighted by molar-refractivity contribution is 14.0. The molecule has 1 aromatic carbocycles. The van der Waals surface area contributed by atoms with Crippen LogP contribution in [0.1, 0.15) is 36.7 Å². The van der Waals surface area contributed by atoms with E-state index in [1.807, 2.05) is 12.1 Å². The summed E-state index contributed by atoms with van der Waals surface area (Å²) in [6, 6.07) is 9.64. The van der Waals surface area contributed by atoms with Gasteiger partial charge in [-0.1, -0.05) is 12.1 Å². The molecule has 0 bridgehead atoms. The summed E-state index contributed by atoms with van der Waals surface area (Å²) in [5.74, 6) is 1.48. The van der Waals surface area contributed by atoms with Gasteiger partial charge < -0.3 is 29.6 Å². The topological polar surface area (TPSA) is 88.3 Å². The van der Waals surface area contributed by atoms with Crippen LogP contribution in [0.25, 0.3) is 0 Å². The minimum absolute atomic E-state index is 0. The zero-order valence-electron chi connectivity index (χ0n) is 17.7. The summed E-state index contributed by atoms with van der Waals surface area (Å²) in [5, 5.41) is 17.0. The molecule has 178 valence electrons. The van der Waals surface area contributed by atoms with Crippen molar-refractivity contribution in [3.05, 3.63) is 54.0 Å². The maximum Gasteiger partial charge on any atom is 0.387 e. The SMILES string of the molecule is I.OC(CN=C(NCCc1ccco1)NCC1CCCCO1)c1ccc(OC(F)F)cc1. The standard InChI is InChI=1S/C22H29F2N3O4.HI/c23-21(24)31-18-8-6-16(7-9-18)20(28)15-27-22(25-11-10-17-5-3-13-29-17)26-14-19-4-1-2-12-30-19;/h3,5-9,13,19-21,28H,1-2,4,10-12,14-15H2,(H2,25,26,27);1H. The number of benzene rings is 1. The van der Waals surface area contributed by atoms with Crippen LogP contribution in [0.15, 0.2) is 52.1 Å². The number of aliphatic imine (C=N–C) groups is 1. The minimum atomic E-state index is -2.88. The molecule has 2 heterocycles. The Morgan fingerprint density at radius 2 is 2.00 bits per heavy atom. The Bertz CT molecular complexity index is 785. The zero-order valence-corrected chi connectivity index (χ0v) is 20.0. The first-order valence-corrected chi connectivity index (χ1v) is 10.5. The van der Waals surface area contributed by atoms with Gasteiger partial charge in [0.2, 0.25) is 0 Å². The fourth-order valence-electron chi connectivity index (χ4n) is 3.27. The highest BCUT2D eigenvalue weighted by atomic mass is 127. The smallest absolute Gasteiger partial charge is 0.387 e. The van der Waals surface area contributed by atoms with Crippen molar-refractivity contribution < 1.29 is 27.8 Å². The number of halogens is 3. The van der Waals surface area contributed by atoms with Crippen molar-refractivity contribution in [1.82, 2.24) is 10.6 Å². The number of hydrogen-bond donors (Lipinski definition) is 3. The van der Waals surface area contributed by atoms with Crippen molar-refractivity contribution in [2.75, 3.05) is 26.2 Å². The number of hydrogen-bond acceptors (Lipinski definition) is 5. The molecule has 1 aromatic heterocycles. The van der Waals surface area contributed by atoms with Gasteiger partial charge in [-0.05, 0) is 49.1 Å². The molecule has 2 aromatic rings. The summed E-state index contributed by atoms with van der Waals surface area (Å²) in [7, 11) is 0. The van der Waals surface area contributed by atoms with Crippen LogP contribution in [0, 0.1) is 0 Å². The Morgan fingerprint density at radius 1 is 1.19 bits per heavy atom. The van der Waals surface area contributed by atoms with Crippen LogP contribution in [0.3, 0.4) is 0 Å². The molecule has 3 N–H and O–H groups in total. The lowest BCUT2D eigenvalue weighted by molar-refractivity contribution is -0.0498. The molecule has 0 amide bonds. The number of nitrogens with zero attached hydrogens (tertiary/aromatic N) is 1. The van der Waals surface area contributed by atoms with Gasteiger partial charge in [0.1, 0.15) is 11.5 Å². The third-order valence-corrected chi connectivity index (χ3v) is 4.93. The van der Waals surface area contributed by atoms with Gasteiger partial charge in [0.05, 0.1) is 25.0 Å². The van der Waals surface area contributed by atoms with Crippen LogP contribution >= 0.6 is 24.0 Å². The van der Waals surface area contributed by atoms with E-state index >= 15 is 0 Å². The second kappa shape index (κ2) is 14.3. The first-order valence-electron chi connectivity index (χ1n) is 10.5. The third kappa shape index (κ3) is 9.29. The van der Waals surface area contributed by atoms with E-state index in [1.54, 1.807) is 18.4 Å². The van der Waals surface area contributed by atoms with Crippen molar-refractivity contribution in [2.45, 2.75) is 44.5 Å². The minimum Gasteiger partial charge on any atom is -0.469 e. The zero-order chi connectivity index (χ0) is 21.9. The van der Waals surface area contributed by atoms with E-state index in [1.165, 1.54) is 12.1 Å². The van der Waals surface area contributed by atoms with Gasteiger partial charge in [0.25, 0.3) is 0 Å². The van der Waals surface area contributed by atoms with Crippen molar-refractivity contribution in [3.8, 4) is 5.75 Å². The number of rotatable bonds is 10. The Hall–Kier alpha value is -1.92. The van der Waals surface area contributed by atoms with Crippen molar-refractivity contribution in [1.29, 1.82) is 0 Å². The fourth-order valence-corrected chi connectivity index (χ4v) is 3.27. The van der Waals surface area contributed by atoms with Crippen LogP contribution in [-0.4, -0.2) is 50.0 Å². The van der Waals surface area contributed by atoms with Gasteiger partial charge in [0.15, 0.2) is 5.96 Å². The number of nitrogens with one attached hydrogen (secondary N) is 2. The molecule has 2 atom stereocenters. The summed E-state index contributed by atoms with van der Waals surface area (Å²) in [6.45, 7) is -0.761. The Labute approximate surface area is 203 Å². The largest absolute Gasteiger partial charge is 0.469 e. The summed E-state index contributed by atoms with van der Waals surface area (Å²) < 4.78 is 40.0. The van der Waals surface area contributed by atoms with Crippen LogP contribution in [-0.2, 0) is 11.2 Å². The van der Waals surface area contributed by atoms with Crippen molar-refractivity contribution >= 4 is 29.9 Å². The number of aliphatic hydroxyl groups excluding tert-OH is 1. The average Bonchev–Trinajstić information content (AvgIpc) is 3.29. The lowest BCUT2D eigenvalue weighted by atomic mass is 10.1. The van der Waals surface area contributed by atoms with Crippen LogP contribution in [0.2, 0.25) is 0 Å². The first kappa shape index (κ1) is 26.3. The molecule has 2 unspecified atom stereocenters. The highest BCUT2D eigenvalue weighted by Gasteiger charge is 2.15. The summed E-state index contributed by atoms with van der Waals surface area (Å²) in [5.41, 5.74) is 0.566. The van der Waals surface area contributed by atoms with Gasteiger partial charge in [-0.25, -0.2) is 0 Å². The molecule has 32 heavy (non-hydrogen) atoms. The Morgan fingerprint density at radius 3 is 2.66 bits per heavy atom. The van der Waals surface area contributed by atoms with E-state index in [0.29, 0.717) is 31.0 Å². The van der Waals surface area contributed by atoms with Crippen LogP contribution < -0.4 is 15.4 Å². The van der Waals surface area contributed by atoms with Gasteiger partial charge in [-0.3, -0.25) is 4.99 Å². The maximum atomic E-state index is 12.3. The molecular weight excluding hydrogens is 535 g/mol. The molecule has 0 saturated carbocycles. The number of alkyl halides is 2. The Balaban J connectivity index is 0.00000363. The molecule has 0 spiro atoms. The van der Waals surface area contributed by atoms with E-state index in [-0.39, 0.29) is 42.4 Å². The summed E-state index contributed by atoms with van der Waals surface area (Å²) in [4.78, 5) is 4.48. The molecule has 10 heteroatoms. The van der Waals surface area contributed by atoms with Gasteiger partial charge in [-0.2, -0.15) is 8.78 Å². The molecule has 0 aliphatic carbocycles. The van der Waals surface area contributed by atoms with Gasteiger partial charge >= 0.3 is 6.61 Å². The summed E-state index contributed by atoms with van der Waals surface area (Å²) >= 11 is 0. The van der Waals surface area contributed by atoms with E-state index in [0.717, 1.165) is 31.6 Å². The first-order chi connectivity index (χ1) is 15.1. The number of guanidine groups is 1. The fraction of sp³-hybridized carbons (Fsp3) is 0.500. The third-order valence-electron chi connectivity index (χ3n) is 4.93. The van der Waals surface area contributed by atoms with Gasteiger partial charge in [0, 0.05) is 26.1 Å². The van der Waals surface area contributed by atoms with E-state index < -0.39 is 12.7 Å². The van der Waals surface area contributed by atoms with Crippen molar-refractivity contribution in [2.24, 2.45) is 4.99 Å². The molecule has 1 aliphatic rings. The Kier molecular flexibility index (Phi) is 11.7. The molecule has 3 rings (SSSR count). The quantitative estimate of drug-likeness (QED) is 0.230. The monoisotopic (exact) mass is 565 g/mol. The predicted octanol–water partition coefficient (Wildman–Crippen LogP) is 3.88. The number of aliphatic hydroxyl groups is 1. The molecular formula is C22H30F2IN3O4. The second-order valence-corrected chi connectivity index (χ2v) is 7.28. The van der Waals surface area contributed by atoms with E-state index in [9.17, 15) is 13.9 Å². The highest BCUT2D eigenvalue weighted by Crippen LogP contribution is 2.19. The van der Waals surface area contributed by atoms with Crippen LogP contribution in [0.4, 0.5) is 8.78 Å². The normalized spacial score (nSPS) is 17.5. The van der Waals surface area contributed by atoms with E-state index in [2.05, 4.69) is 20.4 Å². The number of ether oxygens (including phenoxy) is 2. The molecule has 1 fully saturated rings. The molecule has 1 aliphatic heterocycles.